The van der Waals surface area contributed by atoms with Crippen LogP contribution >= 0.6 is 0 Å². The fourth-order valence-corrected chi connectivity index (χ4v) is 2.48. The zero-order valence-corrected chi connectivity index (χ0v) is 14.8. The number of anilines is 1. The summed E-state index contributed by atoms with van der Waals surface area (Å²) in [5, 5.41) is 15.0. The van der Waals surface area contributed by atoms with Crippen LogP contribution in [0.4, 0.5) is 5.69 Å². The molecule has 1 unspecified atom stereocenters. The molecule has 1 aromatic carbocycles. The Bertz CT molecular complexity index is 727. The molecule has 1 N–H and O–H groups in total. The molecule has 1 amide bonds. The van der Waals surface area contributed by atoms with Crippen LogP contribution < -0.4 is 5.32 Å². The monoisotopic (exact) mass is 327 g/mol. The van der Waals surface area contributed by atoms with Gasteiger partial charge in [0.1, 0.15) is 0 Å². The molecule has 128 valence electrons. The Balaban J connectivity index is 1.71. The molecule has 1 aliphatic rings. The minimum Gasteiger partial charge on any atom is -0.326 e. The average Bonchev–Trinajstić information content (AvgIpc) is 3.23. The maximum absolute atomic E-state index is 12.3. The van der Waals surface area contributed by atoms with Crippen molar-refractivity contribution in [1.82, 2.24) is 20.2 Å². The fraction of sp³-hybridized carbons (Fsp3) is 0.556. The van der Waals surface area contributed by atoms with Gasteiger partial charge in [0.2, 0.25) is 5.91 Å². The van der Waals surface area contributed by atoms with Crippen LogP contribution in [-0.4, -0.2) is 26.1 Å². The summed E-state index contributed by atoms with van der Waals surface area (Å²) < 4.78 is 1.88. The third-order valence-corrected chi connectivity index (χ3v) is 4.76. The summed E-state index contributed by atoms with van der Waals surface area (Å²) in [4.78, 5) is 12.3. The molecule has 0 radical (unpaired) electrons. The first-order chi connectivity index (χ1) is 11.3. The van der Waals surface area contributed by atoms with Crippen molar-refractivity contribution in [3.63, 3.8) is 0 Å². The van der Waals surface area contributed by atoms with Crippen LogP contribution in [0.15, 0.2) is 24.3 Å². The average molecular weight is 327 g/mol. The highest BCUT2D eigenvalue weighted by molar-refractivity contribution is 5.91. The fourth-order valence-electron chi connectivity index (χ4n) is 2.48. The number of nitrogens with one attached hydrogen (secondary N) is 1. The number of carbonyl (C=O) groups excluding carboxylic acids is 1. The summed E-state index contributed by atoms with van der Waals surface area (Å²) in [5.74, 6) is 1.11. The second-order valence-corrected chi connectivity index (χ2v) is 7.78. The van der Waals surface area contributed by atoms with E-state index < -0.39 is 0 Å². The number of amides is 1. The van der Waals surface area contributed by atoms with Crippen LogP contribution in [0.25, 0.3) is 11.4 Å². The normalized spacial score (nSPS) is 16.0. The van der Waals surface area contributed by atoms with Gasteiger partial charge in [0.15, 0.2) is 5.82 Å². The number of carbonyl (C=O) groups is 1. The Hall–Kier alpha value is -2.24. The van der Waals surface area contributed by atoms with Gasteiger partial charge in [0.25, 0.3) is 0 Å². The first-order valence-corrected chi connectivity index (χ1v) is 8.53. The highest BCUT2D eigenvalue weighted by Gasteiger charge is 2.28. The van der Waals surface area contributed by atoms with Gasteiger partial charge in [-0.3, -0.25) is 4.79 Å². The molecule has 1 aliphatic carbocycles. The van der Waals surface area contributed by atoms with E-state index in [0.29, 0.717) is 18.4 Å². The van der Waals surface area contributed by atoms with Crippen LogP contribution in [0.5, 0.6) is 0 Å². The number of hydrogen-bond donors (Lipinski definition) is 1. The van der Waals surface area contributed by atoms with E-state index in [4.69, 9.17) is 0 Å². The SMILES string of the molecule is CC(CC(=O)Nc1cccc(-c2nnnn2C2CC2)c1)C(C)(C)C. The molecule has 0 saturated heterocycles. The molecule has 1 atom stereocenters. The first kappa shape index (κ1) is 16.6. The highest BCUT2D eigenvalue weighted by Crippen LogP contribution is 2.36. The van der Waals surface area contributed by atoms with Gasteiger partial charge in [-0.25, -0.2) is 4.68 Å². The van der Waals surface area contributed by atoms with Crippen molar-refractivity contribution in [1.29, 1.82) is 0 Å². The van der Waals surface area contributed by atoms with E-state index in [0.717, 1.165) is 29.9 Å². The van der Waals surface area contributed by atoms with Crippen molar-refractivity contribution in [3.8, 4) is 11.4 Å². The minimum atomic E-state index is 0.0383. The summed E-state index contributed by atoms with van der Waals surface area (Å²) in [7, 11) is 0. The third kappa shape index (κ3) is 3.80. The predicted molar refractivity (Wildman–Crippen MR) is 93.4 cm³/mol. The molecule has 0 bridgehead atoms. The van der Waals surface area contributed by atoms with Crippen molar-refractivity contribution in [2.75, 3.05) is 5.32 Å². The summed E-state index contributed by atoms with van der Waals surface area (Å²) in [6.45, 7) is 8.58. The molecule has 3 rings (SSSR count). The Labute approximate surface area is 142 Å². The van der Waals surface area contributed by atoms with Crippen LogP contribution in [0.1, 0.15) is 53.0 Å². The number of aromatic nitrogens is 4. The molecule has 2 aromatic rings. The number of benzene rings is 1. The van der Waals surface area contributed by atoms with Crippen molar-refractivity contribution < 1.29 is 4.79 Å². The number of hydrogen-bond acceptors (Lipinski definition) is 4. The topological polar surface area (TPSA) is 72.7 Å². The van der Waals surface area contributed by atoms with Gasteiger partial charge in [-0.2, -0.15) is 0 Å². The van der Waals surface area contributed by atoms with E-state index >= 15 is 0 Å². The Morgan fingerprint density at radius 3 is 2.79 bits per heavy atom. The van der Waals surface area contributed by atoms with E-state index in [-0.39, 0.29) is 11.3 Å². The van der Waals surface area contributed by atoms with Gasteiger partial charge in [0, 0.05) is 17.7 Å². The molecule has 1 fully saturated rings. The first-order valence-electron chi connectivity index (χ1n) is 8.53. The second-order valence-electron chi connectivity index (χ2n) is 7.78. The number of nitrogens with zero attached hydrogens (tertiary/aromatic N) is 4. The van der Waals surface area contributed by atoms with E-state index in [2.05, 4.69) is 48.5 Å². The maximum Gasteiger partial charge on any atom is 0.224 e. The van der Waals surface area contributed by atoms with Gasteiger partial charge in [0.05, 0.1) is 6.04 Å². The summed E-state index contributed by atoms with van der Waals surface area (Å²) in [6.07, 6.45) is 2.76. The van der Waals surface area contributed by atoms with Crippen molar-refractivity contribution in [3.05, 3.63) is 24.3 Å². The Morgan fingerprint density at radius 2 is 2.12 bits per heavy atom. The molecule has 24 heavy (non-hydrogen) atoms. The molecular formula is C18H25N5O. The van der Waals surface area contributed by atoms with Crippen LogP contribution in [0.2, 0.25) is 0 Å². The van der Waals surface area contributed by atoms with E-state index in [1.54, 1.807) is 0 Å². The lowest BCUT2D eigenvalue weighted by Gasteiger charge is -2.26. The summed E-state index contributed by atoms with van der Waals surface area (Å²) in [6, 6.07) is 8.14. The third-order valence-electron chi connectivity index (χ3n) is 4.76. The van der Waals surface area contributed by atoms with Gasteiger partial charge in [-0.15, -0.1) is 5.10 Å². The van der Waals surface area contributed by atoms with E-state index in [9.17, 15) is 4.79 Å². The van der Waals surface area contributed by atoms with Crippen LogP contribution in [-0.2, 0) is 4.79 Å². The maximum atomic E-state index is 12.3. The van der Waals surface area contributed by atoms with Gasteiger partial charge in [-0.1, -0.05) is 39.8 Å². The lowest BCUT2D eigenvalue weighted by atomic mass is 9.80. The number of rotatable bonds is 5. The molecule has 6 nitrogen and oxygen atoms in total. The summed E-state index contributed by atoms with van der Waals surface area (Å²) >= 11 is 0. The lowest BCUT2D eigenvalue weighted by molar-refractivity contribution is -0.117. The van der Waals surface area contributed by atoms with Crippen molar-refractivity contribution >= 4 is 11.6 Å². The standard InChI is InChI=1S/C18H25N5O/c1-12(18(2,3)4)10-16(24)19-14-7-5-6-13(11-14)17-20-21-22-23(17)15-8-9-15/h5-7,11-12,15H,8-10H2,1-4H3,(H,19,24). The molecule has 1 heterocycles. The van der Waals surface area contributed by atoms with Crippen molar-refractivity contribution in [2.45, 2.75) is 53.0 Å². The smallest absolute Gasteiger partial charge is 0.224 e. The number of tetrazole rings is 1. The van der Waals surface area contributed by atoms with Crippen molar-refractivity contribution in [2.24, 2.45) is 11.3 Å². The molecule has 1 aromatic heterocycles. The quantitative estimate of drug-likeness (QED) is 0.909. The zero-order chi connectivity index (χ0) is 17.3. The van der Waals surface area contributed by atoms with E-state index in [1.165, 1.54) is 0 Å². The van der Waals surface area contributed by atoms with Crippen LogP contribution in [0, 0.1) is 11.3 Å². The summed E-state index contributed by atoms with van der Waals surface area (Å²) in [5.41, 5.74) is 1.82. The zero-order valence-electron chi connectivity index (χ0n) is 14.8. The van der Waals surface area contributed by atoms with E-state index in [1.807, 2.05) is 28.9 Å². The second kappa shape index (κ2) is 6.34. The molecule has 6 heteroatoms. The Morgan fingerprint density at radius 1 is 1.38 bits per heavy atom. The van der Waals surface area contributed by atoms with Gasteiger partial charge < -0.3 is 5.32 Å². The van der Waals surface area contributed by atoms with Gasteiger partial charge in [-0.05, 0) is 46.7 Å². The van der Waals surface area contributed by atoms with Gasteiger partial charge >= 0.3 is 0 Å². The highest BCUT2D eigenvalue weighted by atomic mass is 16.1. The predicted octanol–water partition coefficient (Wildman–Crippen LogP) is 3.69. The lowest BCUT2D eigenvalue weighted by Crippen LogP contribution is -2.23. The van der Waals surface area contributed by atoms with Crippen LogP contribution in [0.3, 0.4) is 0 Å². The molecule has 0 spiro atoms. The largest absolute Gasteiger partial charge is 0.326 e. The Kier molecular flexibility index (Phi) is 4.39. The minimum absolute atomic E-state index is 0.0383. The molecule has 1 saturated carbocycles. The molecular weight excluding hydrogens is 302 g/mol. The molecule has 0 aliphatic heterocycles.